The second kappa shape index (κ2) is 6.98. The number of rotatable bonds is 5. The maximum Gasteiger partial charge on any atom is 0.117 e. The van der Waals surface area contributed by atoms with Crippen molar-refractivity contribution in [3.8, 4) is 0 Å². The number of hydrogen-bond acceptors (Lipinski definition) is 3. The molecule has 3 N–H and O–H groups in total. The van der Waals surface area contributed by atoms with Crippen molar-refractivity contribution >= 4 is 11.5 Å². The van der Waals surface area contributed by atoms with Crippen LogP contribution in [-0.4, -0.2) is 19.6 Å². The van der Waals surface area contributed by atoms with Crippen LogP contribution in [0.5, 0.6) is 0 Å². The number of aliphatic imine (C=N–C) groups is 1. The second-order valence-electron chi connectivity index (χ2n) is 3.80. The molecule has 0 heterocycles. The summed E-state index contributed by atoms with van der Waals surface area (Å²) in [5, 5.41) is 0. The van der Waals surface area contributed by atoms with Crippen molar-refractivity contribution in [2.24, 2.45) is 16.8 Å². The number of benzene rings is 1. The summed E-state index contributed by atoms with van der Waals surface area (Å²) < 4.78 is 5.08. The number of nitrogens with one attached hydrogen (secondary N) is 1. The summed E-state index contributed by atoms with van der Waals surface area (Å²) in [5.41, 5.74) is 3.54. The van der Waals surface area contributed by atoms with E-state index in [1.54, 1.807) is 7.11 Å². The van der Waals surface area contributed by atoms with E-state index in [0.717, 1.165) is 17.9 Å². The first kappa shape index (κ1) is 12.7. The number of methoxy groups -OCH3 is 1. The highest BCUT2D eigenvalue weighted by atomic mass is 16.5. The molecule has 0 radical (unpaired) electrons. The summed E-state index contributed by atoms with van der Waals surface area (Å²) in [6.07, 6.45) is 0.777. The maximum absolute atomic E-state index is 5.44. The van der Waals surface area contributed by atoms with Crippen LogP contribution in [0, 0.1) is 5.92 Å². The molecular weight excluding hydrogens is 202 g/mol. The lowest BCUT2D eigenvalue weighted by Gasteiger charge is -2.11. The summed E-state index contributed by atoms with van der Waals surface area (Å²) in [5.74, 6) is 6.61. The third-order valence-corrected chi connectivity index (χ3v) is 2.18. The molecule has 0 saturated carbocycles. The van der Waals surface area contributed by atoms with Gasteiger partial charge in [0.25, 0.3) is 0 Å². The first-order chi connectivity index (χ1) is 7.76. The molecule has 4 heteroatoms. The van der Waals surface area contributed by atoms with Gasteiger partial charge in [0, 0.05) is 20.1 Å². The monoisotopic (exact) mass is 221 g/mol. The summed E-state index contributed by atoms with van der Waals surface area (Å²) in [6.45, 7) is 2.80. The van der Waals surface area contributed by atoms with Crippen molar-refractivity contribution in [1.82, 2.24) is 5.43 Å². The van der Waals surface area contributed by atoms with Gasteiger partial charge in [-0.25, -0.2) is 10.8 Å². The standard InChI is InChI=1S/C12H19N3O/c1-10(9-16-2)8-12(15-13)14-11-6-4-3-5-7-11/h3-7,10H,8-9,13H2,1-2H3,(H,14,15). The third kappa shape index (κ3) is 4.42. The van der Waals surface area contributed by atoms with E-state index in [-0.39, 0.29) is 0 Å². The minimum Gasteiger partial charge on any atom is -0.384 e. The van der Waals surface area contributed by atoms with E-state index in [1.807, 2.05) is 30.3 Å². The number of ether oxygens (including phenoxy) is 1. The van der Waals surface area contributed by atoms with Crippen molar-refractivity contribution in [1.29, 1.82) is 0 Å². The van der Waals surface area contributed by atoms with Gasteiger partial charge in [0.1, 0.15) is 5.84 Å². The quantitative estimate of drug-likeness (QED) is 0.345. The van der Waals surface area contributed by atoms with Gasteiger partial charge in [0.15, 0.2) is 0 Å². The largest absolute Gasteiger partial charge is 0.384 e. The van der Waals surface area contributed by atoms with Gasteiger partial charge >= 0.3 is 0 Å². The van der Waals surface area contributed by atoms with Crippen molar-refractivity contribution in [2.75, 3.05) is 13.7 Å². The van der Waals surface area contributed by atoms with Gasteiger partial charge in [-0.2, -0.15) is 0 Å². The highest BCUT2D eigenvalue weighted by molar-refractivity contribution is 5.84. The summed E-state index contributed by atoms with van der Waals surface area (Å²) >= 11 is 0. The molecule has 0 aromatic heterocycles. The molecule has 0 spiro atoms. The normalized spacial score (nSPS) is 13.6. The Morgan fingerprint density at radius 2 is 2.12 bits per heavy atom. The van der Waals surface area contributed by atoms with E-state index in [0.29, 0.717) is 12.5 Å². The molecular formula is C12H19N3O. The lowest BCUT2D eigenvalue weighted by atomic mass is 10.1. The molecule has 1 atom stereocenters. The number of hydrogen-bond donors (Lipinski definition) is 2. The van der Waals surface area contributed by atoms with Crippen LogP contribution < -0.4 is 11.3 Å². The number of amidine groups is 1. The fourth-order valence-corrected chi connectivity index (χ4v) is 1.47. The van der Waals surface area contributed by atoms with Crippen molar-refractivity contribution in [3.05, 3.63) is 30.3 Å². The van der Waals surface area contributed by atoms with E-state index < -0.39 is 0 Å². The molecule has 0 aliphatic carbocycles. The number of para-hydroxylation sites is 1. The van der Waals surface area contributed by atoms with Gasteiger partial charge < -0.3 is 10.2 Å². The Bertz CT molecular complexity index is 324. The molecule has 0 amide bonds. The molecule has 1 aromatic carbocycles. The Kier molecular flexibility index (Phi) is 5.53. The Balaban J connectivity index is 2.63. The highest BCUT2D eigenvalue weighted by Gasteiger charge is 2.06. The van der Waals surface area contributed by atoms with Gasteiger partial charge in [-0.05, 0) is 18.1 Å². The summed E-state index contributed by atoms with van der Waals surface area (Å²) in [6, 6.07) is 9.75. The van der Waals surface area contributed by atoms with Crippen LogP contribution in [0.3, 0.4) is 0 Å². The zero-order valence-corrected chi connectivity index (χ0v) is 9.81. The Morgan fingerprint density at radius 3 is 2.69 bits per heavy atom. The Morgan fingerprint density at radius 1 is 1.44 bits per heavy atom. The fraction of sp³-hybridized carbons (Fsp3) is 0.417. The van der Waals surface area contributed by atoms with Crippen LogP contribution >= 0.6 is 0 Å². The van der Waals surface area contributed by atoms with Crippen LogP contribution in [-0.2, 0) is 4.74 Å². The molecule has 1 rings (SSSR count). The summed E-state index contributed by atoms with van der Waals surface area (Å²) in [4.78, 5) is 4.42. The van der Waals surface area contributed by atoms with E-state index in [9.17, 15) is 0 Å². The predicted octanol–water partition coefficient (Wildman–Crippen LogP) is 1.85. The smallest absolute Gasteiger partial charge is 0.117 e. The first-order valence-electron chi connectivity index (χ1n) is 5.34. The lowest BCUT2D eigenvalue weighted by molar-refractivity contribution is 0.162. The van der Waals surface area contributed by atoms with E-state index in [4.69, 9.17) is 10.6 Å². The average molecular weight is 221 g/mol. The summed E-state index contributed by atoms with van der Waals surface area (Å²) in [7, 11) is 1.69. The van der Waals surface area contributed by atoms with Gasteiger partial charge in [-0.3, -0.25) is 0 Å². The van der Waals surface area contributed by atoms with Crippen LogP contribution in [0.4, 0.5) is 5.69 Å². The van der Waals surface area contributed by atoms with E-state index in [1.165, 1.54) is 0 Å². The van der Waals surface area contributed by atoms with E-state index in [2.05, 4.69) is 17.3 Å². The number of nitrogens with two attached hydrogens (primary N) is 1. The van der Waals surface area contributed by atoms with Crippen LogP contribution in [0.2, 0.25) is 0 Å². The van der Waals surface area contributed by atoms with E-state index >= 15 is 0 Å². The molecule has 4 nitrogen and oxygen atoms in total. The Labute approximate surface area is 96.5 Å². The molecule has 16 heavy (non-hydrogen) atoms. The zero-order chi connectivity index (χ0) is 11.8. The predicted molar refractivity (Wildman–Crippen MR) is 66.5 cm³/mol. The SMILES string of the molecule is COCC(C)CC(=Nc1ccccc1)NN. The van der Waals surface area contributed by atoms with Crippen LogP contribution in [0.15, 0.2) is 35.3 Å². The molecule has 1 aromatic rings. The maximum atomic E-state index is 5.44. The molecule has 0 aliphatic rings. The topological polar surface area (TPSA) is 59.6 Å². The minimum absolute atomic E-state index is 0.392. The van der Waals surface area contributed by atoms with Gasteiger partial charge in [0.2, 0.25) is 0 Å². The van der Waals surface area contributed by atoms with Crippen molar-refractivity contribution in [2.45, 2.75) is 13.3 Å². The second-order valence-corrected chi connectivity index (χ2v) is 3.80. The van der Waals surface area contributed by atoms with Crippen molar-refractivity contribution < 1.29 is 4.74 Å². The fourth-order valence-electron chi connectivity index (χ4n) is 1.47. The lowest BCUT2D eigenvalue weighted by Crippen LogP contribution is -2.32. The number of nitrogens with zero attached hydrogens (tertiary/aromatic N) is 1. The molecule has 88 valence electrons. The third-order valence-electron chi connectivity index (χ3n) is 2.18. The van der Waals surface area contributed by atoms with Gasteiger partial charge in [-0.1, -0.05) is 25.1 Å². The molecule has 1 unspecified atom stereocenters. The zero-order valence-electron chi connectivity index (χ0n) is 9.81. The minimum atomic E-state index is 0.392. The van der Waals surface area contributed by atoms with Gasteiger partial charge in [0.05, 0.1) is 5.69 Å². The average Bonchev–Trinajstić information content (AvgIpc) is 2.30. The molecule has 0 aliphatic heterocycles. The van der Waals surface area contributed by atoms with Crippen LogP contribution in [0.25, 0.3) is 0 Å². The highest BCUT2D eigenvalue weighted by Crippen LogP contribution is 2.12. The molecule has 0 saturated heterocycles. The molecule has 0 fully saturated rings. The van der Waals surface area contributed by atoms with Gasteiger partial charge in [-0.15, -0.1) is 0 Å². The first-order valence-corrected chi connectivity index (χ1v) is 5.34. The Hall–Kier alpha value is -1.39. The van der Waals surface area contributed by atoms with Crippen LogP contribution in [0.1, 0.15) is 13.3 Å². The van der Waals surface area contributed by atoms with Crippen molar-refractivity contribution in [3.63, 3.8) is 0 Å². The molecule has 0 bridgehead atoms. The number of hydrazine groups is 1.